The topological polar surface area (TPSA) is 54.3 Å². The van der Waals surface area contributed by atoms with E-state index in [4.69, 9.17) is 0 Å². The van der Waals surface area contributed by atoms with Gasteiger partial charge in [0, 0.05) is 33.3 Å². The van der Waals surface area contributed by atoms with Crippen LogP contribution in [0, 0.1) is 6.92 Å². The highest BCUT2D eigenvalue weighted by Gasteiger charge is 2.09. The van der Waals surface area contributed by atoms with Gasteiger partial charge in [-0.05, 0) is 42.8 Å². The molecule has 0 aliphatic heterocycles. The smallest absolute Gasteiger partial charge is 0.244 e. The van der Waals surface area contributed by atoms with Crippen molar-refractivity contribution in [3.63, 3.8) is 0 Å². The van der Waals surface area contributed by atoms with E-state index in [0.29, 0.717) is 5.69 Å². The summed E-state index contributed by atoms with van der Waals surface area (Å²) < 4.78 is 2.91. The molecule has 0 aliphatic carbocycles. The van der Waals surface area contributed by atoms with Crippen molar-refractivity contribution in [1.82, 2.24) is 4.57 Å². The van der Waals surface area contributed by atoms with Crippen molar-refractivity contribution in [3.8, 4) is 5.75 Å². The first kappa shape index (κ1) is 14.7. The average Bonchev–Trinajstić information content (AvgIpc) is 2.85. The Hall–Kier alpha value is -2.27. The molecule has 22 heavy (non-hydrogen) atoms. The molecule has 0 radical (unpaired) electrons. The molecule has 0 bridgehead atoms. The highest BCUT2D eigenvalue weighted by molar-refractivity contribution is 9.10. The molecule has 1 aromatic heterocycles. The van der Waals surface area contributed by atoms with Crippen LogP contribution in [0.15, 0.2) is 53.1 Å². The van der Waals surface area contributed by atoms with Gasteiger partial charge in [-0.1, -0.05) is 22.0 Å². The summed E-state index contributed by atoms with van der Waals surface area (Å²) in [7, 11) is 0. The molecule has 0 saturated carbocycles. The number of aryl methyl sites for hydroxylation is 1. The Balaban J connectivity index is 1.80. The van der Waals surface area contributed by atoms with Gasteiger partial charge in [0.2, 0.25) is 5.91 Å². The van der Waals surface area contributed by atoms with Crippen LogP contribution in [-0.4, -0.2) is 15.6 Å². The normalized spacial score (nSPS) is 10.8. The number of carbonyl (C=O) groups excluding carboxylic acids is 1. The minimum atomic E-state index is -0.130. The number of hydrogen-bond acceptors (Lipinski definition) is 2. The number of aromatic hydroxyl groups is 1. The number of phenols is 1. The minimum absolute atomic E-state index is 0.130. The summed E-state index contributed by atoms with van der Waals surface area (Å²) in [4.78, 5) is 12.2. The standard InChI is InChI=1S/C17H15BrN2O2/c1-11-2-4-14(21)9-15(11)19-17(22)10-20-7-6-12-8-13(18)3-5-16(12)20/h2-9,21H,10H2,1H3,(H,19,22). The molecule has 0 unspecified atom stereocenters. The summed E-state index contributed by atoms with van der Waals surface area (Å²) >= 11 is 3.44. The molecule has 0 atom stereocenters. The van der Waals surface area contributed by atoms with Gasteiger partial charge in [-0.3, -0.25) is 4.79 Å². The van der Waals surface area contributed by atoms with Crippen LogP contribution in [0.4, 0.5) is 5.69 Å². The Morgan fingerprint density at radius 3 is 2.86 bits per heavy atom. The van der Waals surface area contributed by atoms with Crippen LogP contribution in [0.5, 0.6) is 5.75 Å². The fourth-order valence-electron chi connectivity index (χ4n) is 2.40. The van der Waals surface area contributed by atoms with Crippen molar-refractivity contribution >= 4 is 38.4 Å². The third-order valence-corrected chi connectivity index (χ3v) is 4.04. The van der Waals surface area contributed by atoms with E-state index >= 15 is 0 Å². The Bertz CT molecular complexity index is 855. The Kier molecular flexibility index (Phi) is 3.90. The molecule has 0 aliphatic rings. The van der Waals surface area contributed by atoms with Gasteiger partial charge in [0.25, 0.3) is 0 Å². The van der Waals surface area contributed by atoms with Gasteiger partial charge in [-0.2, -0.15) is 0 Å². The molecule has 2 aromatic carbocycles. The largest absolute Gasteiger partial charge is 0.508 e. The quantitative estimate of drug-likeness (QED) is 0.741. The van der Waals surface area contributed by atoms with Crippen LogP contribution in [0.2, 0.25) is 0 Å². The lowest BCUT2D eigenvalue weighted by Crippen LogP contribution is -2.18. The highest BCUT2D eigenvalue weighted by atomic mass is 79.9. The molecule has 112 valence electrons. The number of phenolic OH excluding ortho intramolecular Hbond substituents is 1. The zero-order valence-corrected chi connectivity index (χ0v) is 13.6. The molecule has 1 amide bonds. The van der Waals surface area contributed by atoms with Crippen LogP contribution < -0.4 is 5.32 Å². The molecule has 3 aromatic rings. The fourth-order valence-corrected chi connectivity index (χ4v) is 2.78. The van der Waals surface area contributed by atoms with Crippen LogP contribution >= 0.6 is 15.9 Å². The van der Waals surface area contributed by atoms with E-state index in [2.05, 4.69) is 21.2 Å². The van der Waals surface area contributed by atoms with Crippen LogP contribution in [-0.2, 0) is 11.3 Å². The molecule has 0 saturated heterocycles. The zero-order chi connectivity index (χ0) is 15.7. The second-order valence-corrected chi connectivity index (χ2v) is 6.11. The molecule has 2 N–H and O–H groups in total. The number of amides is 1. The van der Waals surface area contributed by atoms with E-state index in [1.54, 1.807) is 18.2 Å². The maximum atomic E-state index is 12.2. The van der Waals surface area contributed by atoms with Crippen molar-refractivity contribution in [2.24, 2.45) is 0 Å². The molecule has 5 heteroatoms. The predicted molar refractivity (Wildman–Crippen MR) is 91.1 cm³/mol. The van der Waals surface area contributed by atoms with E-state index in [1.165, 1.54) is 0 Å². The monoisotopic (exact) mass is 358 g/mol. The third kappa shape index (κ3) is 2.99. The first-order valence-corrected chi connectivity index (χ1v) is 7.66. The number of halogens is 1. The van der Waals surface area contributed by atoms with Crippen LogP contribution in [0.25, 0.3) is 10.9 Å². The second-order valence-electron chi connectivity index (χ2n) is 5.19. The van der Waals surface area contributed by atoms with Crippen molar-refractivity contribution in [2.75, 3.05) is 5.32 Å². The molecule has 0 spiro atoms. The number of nitrogens with one attached hydrogen (secondary N) is 1. The lowest BCUT2D eigenvalue weighted by molar-refractivity contribution is -0.116. The van der Waals surface area contributed by atoms with E-state index in [1.807, 2.05) is 42.0 Å². The lowest BCUT2D eigenvalue weighted by Gasteiger charge is -2.10. The van der Waals surface area contributed by atoms with Crippen molar-refractivity contribution in [2.45, 2.75) is 13.5 Å². The lowest BCUT2D eigenvalue weighted by atomic mass is 10.2. The van der Waals surface area contributed by atoms with Crippen molar-refractivity contribution in [3.05, 3.63) is 58.7 Å². The Labute approximate surface area is 136 Å². The number of rotatable bonds is 3. The summed E-state index contributed by atoms with van der Waals surface area (Å²) in [6, 6.07) is 12.9. The van der Waals surface area contributed by atoms with Gasteiger partial charge >= 0.3 is 0 Å². The Morgan fingerprint density at radius 1 is 1.23 bits per heavy atom. The Morgan fingerprint density at radius 2 is 2.05 bits per heavy atom. The summed E-state index contributed by atoms with van der Waals surface area (Å²) in [5, 5.41) is 13.4. The van der Waals surface area contributed by atoms with E-state index in [-0.39, 0.29) is 18.2 Å². The third-order valence-electron chi connectivity index (χ3n) is 3.54. The molecular weight excluding hydrogens is 344 g/mol. The van der Waals surface area contributed by atoms with Gasteiger partial charge in [0.1, 0.15) is 12.3 Å². The molecule has 0 fully saturated rings. The van der Waals surface area contributed by atoms with Gasteiger partial charge in [-0.25, -0.2) is 0 Å². The summed E-state index contributed by atoms with van der Waals surface area (Å²) in [6.45, 7) is 2.11. The highest BCUT2D eigenvalue weighted by Crippen LogP contribution is 2.22. The molecule has 1 heterocycles. The van der Waals surface area contributed by atoms with Crippen LogP contribution in [0.3, 0.4) is 0 Å². The van der Waals surface area contributed by atoms with Gasteiger partial charge in [0.05, 0.1) is 0 Å². The number of anilines is 1. The first-order valence-electron chi connectivity index (χ1n) is 6.87. The maximum Gasteiger partial charge on any atom is 0.244 e. The summed E-state index contributed by atoms with van der Waals surface area (Å²) in [5.74, 6) is 0.00582. The molecule has 4 nitrogen and oxygen atoms in total. The van der Waals surface area contributed by atoms with E-state index in [0.717, 1.165) is 20.9 Å². The van der Waals surface area contributed by atoms with E-state index in [9.17, 15) is 9.90 Å². The molecule has 3 rings (SSSR count). The number of hydrogen-bond donors (Lipinski definition) is 2. The average molecular weight is 359 g/mol. The SMILES string of the molecule is Cc1ccc(O)cc1NC(=O)Cn1ccc2cc(Br)ccc21. The van der Waals surface area contributed by atoms with Gasteiger partial charge < -0.3 is 15.0 Å². The number of benzene rings is 2. The second kappa shape index (κ2) is 5.85. The summed E-state index contributed by atoms with van der Waals surface area (Å²) in [5.41, 5.74) is 2.54. The summed E-state index contributed by atoms with van der Waals surface area (Å²) in [6.07, 6.45) is 1.89. The number of nitrogens with zero attached hydrogens (tertiary/aromatic N) is 1. The van der Waals surface area contributed by atoms with Gasteiger partial charge in [0.15, 0.2) is 0 Å². The van der Waals surface area contributed by atoms with E-state index < -0.39 is 0 Å². The van der Waals surface area contributed by atoms with Gasteiger partial charge in [-0.15, -0.1) is 0 Å². The van der Waals surface area contributed by atoms with Crippen molar-refractivity contribution in [1.29, 1.82) is 0 Å². The van der Waals surface area contributed by atoms with Crippen molar-refractivity contribution < 1.29 is 9.90 Å². The van der Waals surface area contributed by atoms with Crippen LogP contribution in [0.1, 0.15) is 5.56 Å². The number of fused-ring (bicyclic) bond motifs is 1. The zero-order valence-electron chi connectivity index (χ0n) is 12.0. The predicted octanol–water partition coefficient (Wildman–Crippen LogP) is 4.06. The number of aromatic nitrogens is 1. The minimum Gasteiger partial charge on any atom is -0.508 e. The fraction of sp³-hybridized carbons (Fsp3) is 0.118. The first-order chi connectivity index (χ1) is 10.5. The number of carbonyl (C=O) groups is 1. The molecular formula is C17H15BrN2O2. The maximum absolute atomic E-state index is 12.2.